The number of hydrogen-bond acceptors (Lipinski definition) is 5. The Hall–Kier alpha value is -2.86. The summed E-state index contributed by atoms with van der Waals surface area (Å²) < 4.78 is 11.6. The predicted octanol–water partition coefficient (Wildman–Crippen LogP) is 3.44. The fourth-order valence-corrected chi connectivity index (χ4v) is 3.78. The van der Waals surface area contributed by atoms with Crippen LogP contribution in [0.15, 0.2) is 41.0 Å². The van der Waals surface area contributed by atoms with Crippen LogP contribution in [0.4, 0.5) is 0 Å². The Labute approximate surface area is 163 Å². The van der Waals surface area contributed by atoms with Crippen LogP contribution in [0.1, 0.15) is 30.7 Å². The van der Waals surface area contributed by atoms with Crippen molar-refractivity contribution in [3.8, 4) is 5.75 Å². The zero-order valence-electron chi connectivity index (χ0n) is 16.2. The molecular formula is C22H24N2O4. The number of fused-ring (bicyclic) bond motifs is 3. The Morgan fingerprint density at radius 2 is 2.07 bits per heavy atom. The second-order valence-electron chi connectivity index (χ2n) is 7.52. The van der Waals surface area contributed by atoms with Crippen LogP contribution in [0.2, 0.25) is 0 Å². The number of furan rings is 1. The van der Waals surface area contributed by atoms with Crippen molar-refractivity contribution in [1.29, 1.82) is 0 Å². The average molecular weight is 380 g/mol. The van der Waals surface area contributed by atoms with Gasteiger partial charge in [0.25, 0.3) is 0 Å². The molecule has 1 aromatic heterocycles. The SMILES string of the molecule is CN(C)CCCOc1ccc2c(ccc3occ(C4CCC(=O)NC4=O)c32)c1. The number of nitrogens with one attached hydrogen (secondary N) is 1. The van der Waals surface area contributed by atoms with Crippen LogP contribution < -0.4 is 10.1 Å². The van der Waals surface area contributed by atoms with Crippen LogP contribution in [0.5, 0.6) is 5.75 Å². The molecule has 1 saturated heterocycles. The first kappa shape index (κ1) is 18.5. The summed E-state index contributed by atoms with van der Waals surface area (Å²) in [4.78, 5) is 25.9. The number of piperidine rings is 1. The second kappa shape index (κ2) is 7.64. The van der Waals surface area contributed by atoms with E-state index in [2.05, 4.69) is 10.2 Å². The summed E-state index contributed by atoms with van der Waals surface area (Å²) in [6.07, 6.45) is 3.46. The lowest BCUT2D eigenvalue weighted by Gasteiger charge is -2.20. The molecule has 0 spiro atoms. The first-order valence-corrected chi connectivity index (χ1v) is 9.58. The van der Waals surface area contributed by atoms with Crippen LogP contribution in [-0.4, -0.2) is 44.0 Å². The topological polar surface area (TPSA) is 71.8 Å². The van der Waals surface area contributed by atoms with Crippen LogP contribution in [-0.2, 0) is 9.59 Å². The molecular weight excluding hydrogens is 356 g/mol. The van der Waals surface area contributed by atoms with Gasteiger partial charge in [0.05, 0.1) is 18.8 Å². The molecule has 0 radical (unpaired) electrons. The van der Waals surface area contributed by atoms with E-state index >= 15 is 0 Å². The number of nitrogens with zero attached hydrogens (tertiary/aromatic N) is 1. The zero-order chi connectivity index (χ0) is 19.7. The van der Waals surface area contributed by atoms with Gasteiger partial charge in [0.15, 0.2) is 0 Å². The lowest BCUT2D eigenvalue weighted by atomic mass is 9.89. The van der Waals surface area contributed by atoms with Gasteiger partial charge >= 0.3 is 0 Å². The van der Waals surface area contributed by atoms with Crippen LogP contribution in [0.3, 0.4) is 0 Å². The summed E-state index contributed by atoms with van der Waals surface area (Å²) in [7, 11) is 4.10. The van der Waals surface area contributed by atoms with E-state index in [-0.39, 0.29) is 17.7 Å². The molecule has 6 heteroatoms. The second-order valence-corrected chi connectivity index (χ2v) is 7.52. The molecule has 1 aliphatic heterocycles. The first-order chi connectivity index (χ1) is 13.5. The number of ether oxygens (including phenoxy) is 1. The highest BCUT2D eigenvalue weighted by molar-refractivity contribution is 6.10. The third-order valence-corrected chi connectivity index (χ3v) is 5.19. The number of imide groups is 1. The van der Waals surface area contributed by atoms with E-state index in [1.165, 1.54) is 0 Å². The molecule has 28 heavy (non-hydrogen) atoms. The maximum Gasteiger partial charge on any atom is 0.234 e. The minimum Gasteiger partial charge on any atom is -0.494 e. The van der Waals surface area contributed by atoms with Crippen molar-refractivity contribution in [1.82, 2.24) is 10.2 Å². The quantitative estimate of drug-likeness (QED) is 0.524. The summed E-state index contributed by atoms with van der Waals surface area (Å²) in [5.41, 5.74) is 1.58. The Balaban J connectivity index is 1.64. The highest BCUT2D eigenvalue weighted by atomic mass is 16.5. The molecule has 2 heterocycles. The molecule has 1 atom stereocenters. The third-order valence-electron chi connectivity index (χ3n) is 5.19. The zero-order valence-corrected chi connectivity index (χ0v) is 16.2. The van der Waals surface area contributed by atoms with Crippen LogP contribution >= 0.6 is 0 Å². The van der Waals surface area contributed by atoms with Gasteiger partial charge in [-0.25, -0.2) is 0 Å². The van der Waals surface area contributed by atoms with Crippen molar-refractivity contribution >= 4 is 33.6 Å². The van der Waals surface area contributed by atoms with Gasteiger partial charge in [-0.05, 0) is 62.0 Å². The maximum atomic E-state index is 12.3. The molecule has 1 unspecified atom stereocenters. The van der Waals surface area contributed by atoms with E-state index in [9.17, 15) is 9.59 Å². The Bertz CT molecular complexity index is 1040. The normalized spacial score (nSPS) is 17.5. The number of rotatable bonds is 6. The lowest BCUT2D eigenvalue weighted by Crippen LogP contribution is -2.39. The molecule has 2 amide bonds. The molecule has 0 saturated carbocycles. The van der Waals surface area contributed by atoms with Crippen LogP contribution in [0.25, 0.3) is 21.7 Å². The fraction of sp³-hybridized carbons (Fsp3) is 0.364. The van der Waals surface area contributed by atoms with Crippen molar-refractivity contribution in [2.75, 3.05) is 27.2 Å². The van der Waals surface area contributed by atoms with Gasteiger partial charge in [-0.1, -0.05) is 6.07 Å². The number of carbonyl (C=O) groups is 2. The average Bonchev–Trinajstić information content (AvgIpc) is 3.09. The van der Waals surface area contributed by atoms with Crippen molar-refractivity contribution in [2.45, 2.75) is 25.2 Å². The van der Waals surface area contributed by atoms with Crippen molar-refractivity contribution in [2.24, 2.45) is 0 Å². The fourth-order valence-electron chi connectivity index (χ4n) is 3.78. The number of amides is 2. The molecule has 3 aromatic rings. The predicted molar refractivity (Wildman–Crippen MR) is 108 cm³/mol. The summed E-state index contributed by atoms with van der Waals surface area (Å²) in [5, 5.41) is 5.42. The highest BCUT2D eigenvalue weighted by Gasteiger charge is 2.30. The van der Waals surface area contributed by atoms with Crippen molar-refractivity contribution in [3.63, 3.8) is 0 Å². The van der Waals surface area contributed by atoms with Gasteiger partial charge in [-0.2, -0.15) is 0 Å². The van der Waals surface area contributed by atoms with Crippen molar-refractivity contribution in [3.05, 3.63) is 42.2 Å². The van der Waals surface area contributed by atoms with Gasteiger partial charge < -0.3 is 14.1 Å². The molecule has 0 bridgehead atoms. The Kier molecular flexibility index (Phi) is 5.05. The number of hydrogen-bond donors (Lipinski definition) is 1. The maximum absolute atomic E-state index is 12.3. The minimum atomic E-state index is -0.369. The molecule has 1 N–H and O–H groups in total. The summed E-state index contributed by atoms with van der Waals surface area (Å²) in [6, 6.07) is 9.92. The highest BCUT2D eigenvalue weighted by Crippen LogP contribution is 2.37. The smallest absolute Gasteiger partial charge is 0.234 e. The molecule has 4 rings (SSSR count). The Morgan fingerprint density at radius 3 is 2.86 bits per heavy atom. The van der Waals surface area contributed by atoms with Gasteiger partial charge in [-0.15, -0.1) is 0 Å². The third kappa shape index (κ3) is 3.60. The largest absolute Gasteiger partial charge is 0.494 e. The molecule has 6 nitrogen and oxygen atoms in total. The van der Waals surface area contributed by atoms with Gasteiger partial charge in [-0.3, -0.25) is 14.9 Å². The Morgan fingerprint density at radius 1 is 1.21 bits per heavy atom. The van der Waals surface area contributed by atoms with Gasteiger partial charge in [0.2, 0.25) is 11.8 Å². The molecule has 0 aliphatic carbocycles. The minimum absolute atomic E-state index is 0.213. The molecule has 2 aromatic carbocycles. The summed E-state index contributed by atoms with van der Waals surface area (Å²) in [6.45, 7) is 1.65. The van der Waals surface area contributed by atoms with Crippen molar-refractivity contribution < 1.29 is 18.7 Å². The monoisotopic (exact) mass is 380 g/mol. The first-order valence-electron chi connectivity index (χ1n) is 9.58. The van der Waals surface area contributed by atoms with Gasteiger partial charge in [0.1, 0.15) is 11.3 Å². The van der Waals surface area contributed by atoms with E-state index in [4.69, 9.17) is 9.15 Å². The van der Waals surface area contributed by atoms with E-state index in [1.807, 2.05) is 44.4 Å². The van der Waals surface area contributed by atoms with E-state index in [0.29, 0.717) is 19.4 Å². The molecule has 1 aliphatic rings. The standard InChI is InChI=1S/C22H24N2O4/c1-24(2)10-3-11-27-15-5-6-16-14(12-15)4-8-19-21(16)18(13-28-19)17-7-9-20(25)23-22(17)26/h4-6,8,12-13,17H,3,7,9-11H2,1-2H3,(H,23,25,26). The van der Waals surface area contributed by atoms with E-state index < -0.39 is 0 Å². The summed E-state index contributed by atoms with van der Waals surface area (Å²) >= 11 is 0. The molecule has 1 fully saturated rings. The molecule has 146 valence electrons. The number of carbonyl (C=O) groups excluding carboxylic acids is 2. The van der Waals surface area contributed by atoms with Crippen LogP contribution in [0, 0.1) is 0 Å². The lowest BCUT2D eigenvalue weighted by molar-refractivity contribution is -0.134. The van der Waals surface area contributed by atoms with E-state index in [1.54, 1.807) is 6.26 Å². The summed E-state index contributed by atoms with van der Waals surface area (Å²) in [5.74, 6) is -0.00469. The number of benzene rings is 2. The van der Waals surface area contributed by atoms with Gasteiger partial charge in [0, 0.05) is 23.9 Å². The van der Waals surface area contributed by atoms with E-state index in [0.717, 1.165) is 46.0 Å².